The number of ether oxygens (including phenoxy) is 2. The summed E-state index contributed by atoms with van der Waals surface area (Å²) in [6, 6.07) is 6.04. The molecule has 0 atom stereocenters. The van der Waals surface area contributed by atoms with E-state index in [1.807, 2.05) is 32.9 Å². The number of carbonyl (C=O) groups is 2. The van der Waals surface area contributed by atoms with Gasteiger partial charge in [0.2, 0.25) is 0 Å². The molecule has 0 unspecified atom stereocenters. The third-order valence-corrected chi connectivity index (χ3v) is 3.82. The molecule has 0 bridgehead atoms. The first-order valence-electron chi connectivity index (χ1n) is 8.73. The molecule has 136 valence electrons. The van der Waals surface area contributed by atoms with Gasteiger partial charge in [0.1, 0.15) is 5.60 Å². The van der Waals surface area contributed by atoms with E-state index in [-0.39, 0.29) is 12.1 Å². The molecular weight excluding hydrogens is 318 g/mol. The second-order valence-electron chi connectivity index (χ2n) is 7.12. The normalized spacial score (nSPS) is 14.8. The minimum absolute atomic E-state index is 0.272. The van der Waals surface area contributed by atoms with Crippen molar-refractivity contribution >= 4 is 18.1 Å². The Labute approximate surface area is 149 Å². The Morgan fingerprint density at radius 2 is 2.00 bits per heavy atom. The van der Waals surface area contributed by atoms with Crippen molar-refractivity contribution in [3.63, 3.8) is 0 Å². The van der Waals surface area contributed by atoms with Gasteiger partial charge in [-0.15, -0.1) is 0 Å². The van der Waals surface area contributed by atoms with Crippen LogP contribution in [0.2, 0.25) is 0 Å². The minimum atomic E-state index is -0.492. The molecule has 2 rings (SSSR count). The van der Waals surface area contributed by atoms with Crippen LogP contribution in [0.15, 0.2) is 24.3 Å². The van der Waals surface area contributed by atoms with Crippen molar-refractivity contribution in [1.82, 2.24) is 4.90 Å². The summed E-state index contributed by atoms with van der Waals surface area (Å²) in [6.45, 7) is 9.00. The van der Waals surface area contributed by atoms with E-state index in [1.165, 1.54) is 11.6 Å². The van der Waals surface area contributed by atoms with Gasteiger partial charge in [0, 0.05) is 19.2 Å². The van der Waals surface area contributed by atoms with Gasteiger partial charge >= 0.3 is 12.1 Å². The zero-order chi connectivity index (χ0) is 18.4. The SMILES string of the molecule is CCOC(=O)/C=C/c1ccc2c(c1)CCCN(C(=O)OC(C)(C)C)C2. The average molecular weight is 345 g/mol. The Kier molecular flexibility index (Phi) is 6.23. The molecule has 25 heavy (non-hydrogen) atoms. The molecule has 5 nitrogen and oxygen atoms in total. The fourth-order valence-corrected chi connectivity index (χ4v) is 2.72. The van der Waals surface area contributed by atoms with Gasteiger partial charge in [-0.1, -0.05) is 18.2 Å². The summed E-state index contributed by atoms with van der Waals surface area (Å²) in [4.78, 5) is 25.5. The van der Waals surface area contributed by atoms with E-state index in [4.69, 9.17) is 9.47 Å². The summed E-state index contributed by atoms with van der Waals surface area (Å²) in [5, 5.41) is 0. The van der Waals surface area contributed by atoms with Crippen molar-refractivity contribution in [3.8, 4) is 0 Å². The Hall–Kier alpha value is -2.30. The molecule has 1 heterocycles. The van der Waals surface area contributed by atoms with Crippen molar-refractivity contribution < 1.29 is 19.1 Å². The fraction of sp³-hybridized carbons (Fsp3) is 0.500. The standard InChI is InChI=1S/C20H27NO4/c1-5-24-18(22)11-9-15-8-10-17-14-21(12-6-7-16(17)13-15)19(23)25-20(2,3)4/h8-11,13H,5-7,12,14H2,1-4H3/b11-9+. The topological polar surface area (TPSA) is 55.8 Å². The van der Waals surface area contributed by atoms with E-state index < -0.39 is 5.60 Å². The summed E-state index contributed by atoms with van der Waals surface area (Å²) < 4.78 is 10.4. The highest BCUT2D eigenvalue weighted by molar-refractivity contribution is 5.87. The summed E-state index contributed by atoms with van der Waals surface area (Å²) in [5.41, 5.74) is 2.79. The first kappa shape index (κ1) is 19.0. The largest absolute Gasteiger partial charge is 0.463 e. The second kappa shape index (κ2) is 8.19. The number of hydrogen-bond donors (Lipinski definition) is 0. The van der Waals surface area contributed by atoms with Crippen LogP contribution in [0.3, 0.4) is 0 Å². The highest BCUT2D eigenvalue weighted by Crippen LogP contribution is 2.22. The number of fused-ring (bicyclic) bond motifs is 1. The number of rotatable bonds is 3. The van der Waals surface area contributed by atoms with E-state index in [1.54, 1.807) is 17.9 Å². The first-order valence-corrected chi connectivity index (χ1v) is 8.73. The van der Waals surface area contributed by atoms with Crippen LogP contribution < -0.4 is 0 Å². The van der Waals surface area contributed by atoms with Crippen molar-refractivity contribution in [1.29, 1.82) is 0 Å². The van der Waals surface area contributed by atoms with Crippen molar-refractivity contribution in [2.24, 2.45) is 0 Å². The number of amides is 1. The van der Waals surface area contributed by atoms with Crippen LogP contribution in [0.5, 0.6) is 0 Å². The summed E-state index contributed by atoms with van der Waals surface area (Å²) in [5.74, 6) is -0.339. The molecule has 1 aliphatic heterocycles. The number of nitrogens with zero attached hydrogens (tertiary/aromatic N) is 1. The van der Waals surface area contributed by atoms with E-state index in [2.05, 4.69) is 6.07 Å². The first-order chi connectivity index (χ1) is 11.8. The lowest BCUT2D eigenvalue weighted by atomic mass is 10.0. The number of benzene rings is 1. The van der Waals surface area contributed by atoms with Gasteiger partial charge in [-0.2, -0.15) is 0 Å². The fourth-order valence-electron chi connectivity index (χ4n) is 2.72. The third-order valence-electron chi connectivity index (χ3n) is 3.82. The zero-order valence-electron chi connectivity index (χ0n) is 15.5. The maximum absolute atomic E-state index is 12.3. The van der Waals surface area contributed by atoms with Crippen LogP contribution in [0.25, 0.3) is 6.08 Å². The summed E-state index contributed by atoms with van der Waals surface area (Å²) in [7, 11) is 0. The van der Waals surface area contributed by atoms with Crippen LogP contribution in [-0.2, 0) is 27.2 Å². The van der Waals surface area contributed by atoms with Gasteiger partial charge in [0.05, 0.1) is 6.61 Å². The number of aryl methyl sites for hydroxylation is 1. The van der Waals surface area contributed by atoms with E-state index >= 15 is 0 Å². The molecule has 5 heteroatoms. The second-order valence-corrected chi connectivity index (χ2v) is 7.12. The quantitative estimate of drug-likeness (QED) is 0.615. The van der Waals surface area contributed by atoms with Crippen LogP contribution in [-0.4, -0.2) is 35.7 Å². The molecule has 0 N–H and O–H groups in total. The molecule has 1 amide bonds. The molecule has 0 aliphatic carbocycles. The average Bonchev–Trinajstić information content (AvgIpc) is 2.73. The van der Waals surface area contributed by atoms with Gasteiger partial charge in [-0.05, 0) is 63.3 Å². The zero-order valence-corrected chi connectivity index (χ0v) is 15.5. The van der Waals surface area contributed by atoms with E-state index in [0.717, 1.165) is 24.0 Å². The molecule has 0 radical (unpaired) electrons. The van der Waals surface area contributed by atoms with Gasteiger partial charge in [0.25, 0.3) is 0 Å². The van der Waals surface area contributed by atoms with Crippen molar-refractivity contribution in [2.45, 2.75) is 52.7 Å². The maximum Gasteiger partial charge on any atom is 0.410 e. The van der Waals surface area contributed by atoms with Crippen molar-refractivity contribution in [2.75, 3.05) is 13.2 Å². The highest BCUT2D eigenvalue weighted by Gasteiger charge is 2.24. The van der Waals surface area contributed by atoms with E-state index in [0.29, 0.717) is 19.7 Å². The van der Waals surface area contributed by atoms with E-state index in [9.17, 15) is 9.59 Å². The predicted octanol–water partition coefficient (Wildman–Crippen LogP) is 3.95. The van der Waals surface area contributed by atoms with Gasteiger partial charge < -0.3 is 14.4 Å². The molecule has 1 aromatic rings. The monoisotopic (exact) mass is 345 g/mol. The van der Waals surface area contributed by atoms with Gasteiger partial charge in [-0.25, -0.2) is 9.59 Å². The Morgan fingerprint density at radius 3 is 2.68 bits per heavy atom. The molecule has 1 aromatic carbocycles. The molecule has 1 aliphatic rings. The van der Waals surface area contributed by atoms with Crippen molar-refractivity contribution in [3.05, 3.63) is 41.0 Å². The molecular formula is C20H27NO4. The number of esters is 1. The lowest BCUT2D eigenvalue weighted by Gasteiger charge is -2.26. The molecule has 0 saturated heterocycles. The summed E-state index contributed by atoms with van der Waals surface area (Å²) in [6.07, 6.45) is 4.71. The lowest BCUT2D eigenvalue weighted by molar-refractivity contribution is -0.137. The van der Waals surface area contributed by atoms with Gasteiger partial charge in [-0.3, -0.25) is 0 Å². The van der Waals surface area contributed by atoms with Crippen LogP contribution in [0.1, 0.15) is 50.8 Å². The molecule has 0 saturated carbocycles. The van der Waals surface area contributed by atoms with Gasteiger partial charge in [0.15, 0.2) is 0 Å². The Morgan fingerprint density at radius 1 is 1.24 bits per heavy atom. The molecule has 0 fully saturated rings. The number of hydrogen-bond acceptors (Lipinski definition) is 4. The Bertz CT molecular complexity index is 658. The van der Waals surface area contributed by atoms with Crippen LogP contribution in [0, 0.1) is 0 Å². The summed E-state index contributed by atoms with van der Waals surface area (Å²) >= 11 is 0. The third kappa shape index (κ3) is 5.93. The highest BCUT2D eigenvalue weighted by atomic mass is 16.6. The molecule has 0 aromatic heterocycles. The number of carbonyl (C=O) groups excluding carboxylic acids is 2. The molecule has 0 spiro atoms. The smallest absolute Gasteiger partial charge is 0.410 e. The Balaban J connectivity index is 2.10. The maximum atomic E-state index is 12.3. The minimum Gasteiger partial charge on any atom is -0.463 e. The van der Waals surface area contributed by atoms with Crippen LogP contribution >= 0.6 is 0 Å². The lowest BCUT2D eigenvalue weighted by Crippen LogP contribution is -2.36. The van der Waals surface area contributed by atoms with Crippen LogP contribution in [0.4, 0.5) is 4.79 Å². The predicted molar refractivity (Wildman–Crippen MR) is 97.1 cm³/mol.